The van der Waals surface area contributed by atoms with Crippen LogP contribution in [0.4, 0.5) is 5.82 Å². The van der Waals surface area contributed by atoms with Gasteiger partial charge in [0.15, 0.2) is 5.82 Å². The predicted molar refractivity (Wildman–Crippen MR) is 83.7 cm³/mol. The fourth-order valence-corrected chi connectivity index (χ4v) is 3.62. The molecule has 0 spiro atoms. The maximum atomic E-state index is 12.1. The van der Waals surface area contributed by atoms with E-state index in [1.807, 2.05) is 13.0 Å². The molecular formula is C15H20N4OS. The van der Waals surface area contributed by atoms with Crippen molar-refractivity contribution in [1.82, 2.24) is 14.6 Å². The minimum Gasteiger partial charge on any atom is -0.305 e. The number of hydrogen-bond donors (Lipinski definition) is 2. The summed E-state index contributed by atoms with van der Waals surface area (Å²) in [5, 5.41) is 11.8. The zero-order chi connectivity index (χ0) is 14.7. The summed E-state index contributed by atoms with van der Waals surface area (Å²) < 4.78 is 4.11. The maximum absolute atomic E-state index is 12.1. The zero-order valence-corrected chi connectivity index (χ0v) is 13.0. The summed E-state index contributed by atoms with van der Waals surface area (Å²) in [6.45, 7) is 1.84. The Bertz CT molecular complexity index is 613. The van der Waals surface area contributed by atoms with E-state index in [1.54, 1.807) is 5.38 Å². The van der Waals surface area contributed by atoms with E-state index in [9.17, 15) is 4.79 Å². The molecule has 1 aliphatic rings. The van der Waals surface area contributed by atoms with E-state index in [-0.39, 0.29) is 5.91 Å². The summed E-state index contributed by atoms with van der Waals surface area (Å²) in [5.74, 6) is 1.21. The van der Waals surface area contributed by atoms with Crippen LogP contribution in [-0.4, -0.2) is 20.5 Å². The monoisotopic (exact) mass is 304 g/mol. The van der Waals surface area contributed by atoms with Gasteiger partial charge in [-0.3, -0.25) is 9.89 Å². The Morgan fingerprint density at radius 3 is 2.95 bits per heavy atom. The Kier molecular flexibility index (Phi) is 4.34. The van der Waals surface area contributed by atoms with Crippen LogP contribution in [0.1, 0.15) is 53.8 Å². The van der Waals surface area contributed by atoms with Gasteiger partial charge >= 0.3 is 0 Å². The molecule has 2 aromatic rings. The first-order valence-corrected chi connectivity index (χ1v) is 8.32. The van der Waals surface area contributed by atoms with Crippen molar-refractivity contribution in [1.29, 1.82) is 0 Å². The van der Waals surface area contributed by atoms with Crippen LogP contribution >= 0.6 is 11.5 Å². The summed E-state index contributed by atoms with van der Waals surface area (Å²) in [5.41, 5.74) is 2.49. The molecule has 0 atom stereocenters. The Morgan fingerprint density at radius 1 is 1.43 bits per heavy atom. The normalized spacial score (nSPS) is 16.0. The van der Waals surface area contributed by atoms with Gasteiger partial charge in [-0.2, -0.15) is 9.47 Å². The molecule has 1 saturated carbocycles. The van der Waals surface area contributed by atoms with E-state index in [0.29, 0.717) is 11.4 Å². The van der Waals surface area contributed by atoms with Crippen molar-refractivity contribution in [3.8, 4) is 0 Å². The highest BCUT2D eigenvalue weighted by Crippen LogP contribution is 2.26. The Labute approximate surface area is 128 Å². The third-order valence-electron chi connectivity index (χ3n) is 4.10. The molecular weight excluding hydrogens is 284 g/mol. The largest absolute Gasteiger partial charge is 0.305 e. The van der Waals surface area contributed by atoms with Crippen molar-refractivity contribution < 1.29 is 4.79 Å². The van der Waals surface area contributed by atoms with Gasteiger partial charge in [0, 0.05) is 17.1 Å². The first kappa shape index (κ1) is 14.3. The summed E-state index contributed by atoms with van der Waals surface area (Å²) in [4.78, 5) is 12.1. The van der Waals surface area contributed by atoms with E-state index in [2.05, 4.69) is 19.9 Å². The molecule has 21 heavy (non-hydrogen) atoms. The minimum absolute atomic E-state index is 0.142. The average molecular weight is 304 g/mol. The molecule has 0 aromatic carbocycles. The lowest BCUT2D eigenvalue weighted by Crippen LogP contribution is -2.12. The molecule has 1 fully saturated rings. The zero-order valence-electron chi connectivity index (χ0n) is 12.2. The molecule has 1 aliphatic carbocycles. The van der Waals surface area contributed by atoms with E-state index < -0.39 is 0 Å². The van der Waals surface area contributed by atoms with Crippen molar-refractivity contribution >= 4 is 23.3 Å². The highest BCUT2D eigenvalue weighted by molar-refractivity contribution is 7.04. The third-order valence-corrected chi connectivity index (χ3v) is 4.82. The number of aromatic amines is 1. The SMILES string of the molecule is Cc1nscc1C(=O)Nc1cc(CC2CCCCC2)[nH]n1. The van der Waals surface area contributed by atoms with Gasteiger partial charge < -0.3 is 5.32 Å². The number of H-pyrrole nitrogens is 1. The first-order chi connectivity index (χ1) is 10.2. The van der Waals surface area contributed by atoms with Gasteiger partial charge in [-0.05, 0) is 30.8 Å². The predicted octanol–water partition coefficient (Wildman–Crippen LogP) is 3.55. The Morgan fingerprint density at radius 2 is 2.24 bits per heavy atom. The third kappa shape index (κ3) is 3.50. The molecule has 5 nitrogen and oxygen atoms in total. The number of anilines is 1. The van der Waals surface area contributed by atoms with Crippen molar-refractivity contribution in [2.45, 2.75) is 45.4 Å². The summed E-state index contributed by atoms with van der Waals surface area (Å²) in [7, 11) is 0. The molecule has 0 unspecified atom stereocenters. The van der Waals surface area contributed by atoms with Crippen LogP contribution in [0.2, 0.25) is 0 Å². The van der Waals surface area contributed by atoms with Crippen LogP contribution in [-0.2, 0) is 6.42 Å². The molecule has 0 bridgehead atoms. The second kappa shape index (κ2) is 6.39. The number of amides is 1. The summed E-state index contributed by atoms with van der Waals surface area (Å²) in [6.07, 6.45) is 7.69. The average Bonchev–Trinajstić information content (AvgIpc) is 3.09. The van der Waals surface area contributed by atoms with Crippen LogP contribution in [0.5, 0.6) is 0 Å². The van der Waals surface area contributed by atoms with E-state index in [1.165, 1.54) is 43.6 Å². The Balaban J connectivity index is 1.60. The van der Waals surface area contributed by atoms with Gasteiger partial charge in [-0.25, -0.2) is 0 Å². The number of nitrogens with zero attached hydrogens (tertiary/aromatic N) is 2. The van der Waals surface area contributed by atoms with Gasteiger partial charge in [0.2, 0.25) is 0 Å². The second-order valence-electron chi connectivity index (χ2n) is 5.75. The van der Waals surface area contributed by atoms with E-state index in [0.717, 1.165) is 23.7 Å². The number of carbonyl (C=O) groups excluding carboxylic acids is 1. The molecule has 2 N–H and O–H groups in total. The van der Waals surface area contributed by atoms with Crippen molar-refractivity contribution in [2.75, 3.05) is 5.32 Å². The molecule has 0 aliphatic heterocycles. The number of aromatic nitrogens is 3. The molecule has 112 valence electrons. The standard InChI is InChI=1S/C15H20N4OS/c1-10-13(9-21-19-10)15(20)16-14-8-12(17-18-14)7-11-5-3-2-4-6-11/h8-9,11H,2-7H2,1H3,(H2,16,17,18,20). The van der Waals surface area contributed by atoms with E-state index in [4.69, 9.17) is 0 Å². The molecule has 6 heteroatoms. The van der Waals surface area contributed by atoms with Gasteiger partial charge in [0.25, 0.3) is 5.91 Å². The number of aryl methyl sites for hydroxylation is 1. The second-order valence-corrected chi connectivity index (χ2v) is 6.38. The number of hydrogen-bond acceptors (Lipinski definition) is 4. The molecule has 0 radical (unpaired) electrons. The van der Waals surface area contributed by atoms with Crippen LogP contribution in [0.3, 0.4) is 0 Å². The number of carbonyl (C=O) groups is 1. The van der Waals surface area contributed by atoms with Crippen LogP contribution in [0, 0.1) is 12.8 Å². The van der Waals surface area contributed by atoms with Gasteiger partial charge in [0.1, 0.15) is 0 Å². The van der Waals surface area contributed by atoms with Crippen molar-refractivity contribution in [3.63, 3.8) is 0 Å². The number of nitrogens with one attached hydrogen (secondary N) is 2. The first-order valence-electron chi connectivity index (χ1n) is 7.49. The van der Waals surface area contributed by atoms with Crippen molar-refractivity contribution in [2.24, 2.45) is 5.92 Å². The molecule has 2 aromatic heterocycles. The fraction of sp³-hybridized carbons (Fsp3) is 0.533. The smallest absolute Gasteiger partial charge is 0.259 e. The Hall–Kier alpha value is -1.69. The minimum atomic E-state index is -0.142. The lowest BCUT2D eigenvalue weighted by molar-refractivity contribution is 0.102. The lowest BCUT2D eigenvalue weighted by Gasteiger charge is -2.20. The summed E-state index contributed by atoms with van der Waals surface area (Å²) >= 11 is 1.29. The molecule has 0 saturated heterocycles. The van der Waals surface area contributed by atoms with Gasteiger partial charge in [-0.15, -0.1) is 0 Å². The number of rotatable bonds is 4. The van der Waals surface area contributed by atoms with Crippen LogP contribution < -0.4 is 5.32 Å². The lowest BCUT2D eigenvalue weighted by atomic mass is 9.86. The highest BCUT2D eigenvalue weighted by atomic mass is 32.1. The molecule has 2 heterocycles. The molecule has 3 rings (SSSR count). The quantitative estimate of drug-likeness (QED) is 0.907. The maximum Gasteiger partial charge on any atom is 0.259 e. The van der Waals surface area contributed by atoms with Gasteiger partial charge in [-0.1, -0.05) is 32.1 Å². The topological polar surface area (TPSA) is 70.7 Å². The van der Waals surface area contributed by atoms with Crippen LogP contribution in [0.15, 0.2) is 11.4 Å². The van der Waals surface area contributed by atoms with Gasteiger partial charge in [0.05, 0.1) is 11.3 Å². The van der Waals surface area contributed by atoms with E-state index >= 15 is 0 Å². The van der Waals surface area contributed by atoms with Crippen LogP contribution in [0.25, 0.3) is 0 Å². The molecule has 1 amide bonds. The summed E-state index contributed by atoms with van der Waals surface area (Å²) in [6, 6.07) is 1.95. The fourth-order valence-electron chi connectivity index (χ4n) is 2.93. The highest BCUT2D eigenvalue weighted by Gasteiger charge is 2.16. The van der Waals surface area contributed by atoms with Crippen molar-refractivity contribution in [3.05, 3.63) is 28.4 Å².